The molecule has 0 radical (unpaired) electrons. The average molecular weight is 588 g/mol. The van der Waals surface area contributed by atoms with Crippen molar-refractivity contribution in [2.45, 2.75) is 5.60 Å². The van der Waals surface area contributed by atoms with Crippen molar-refractivity contribution in [3.63, 3.8) is 0 Å². The molecule has 1 heterocycles. The molecule has 0 aliphatic carbocycles. The van der Waals surface area contributed by atoms with Gasteiger partial charge in [0.1, 0.15) is 17.2 Å². The van der Waals surface area contributed by atoms with E-state index in [-0.39, 0.29) is 0 Å². The minimum atomic E-state index is -0.820. The normalized spacial score (nSPS) is 12.9. The van der Waals surface area contributed by atoms with E-state index in [9.17, 15) is 0 Å². The Kier molecular flexibility index (Phi) is 7.54. The van der Waals surface area contributed by atoms with Crippen LogP contribution in [0.4, 0.5) is 17.1 Å². The zero-order chi connectivity index (χ0) is 30.6. The van der Waals surface area contributed by atoms with Gasteiger partial charge in [0.25, 0.3) is 0 Å². The van der Waals surface area contributed by atoms with E-state index in [1.807, 2.05) is 36.4 Å². The summed E-state index contributed by atoms with van der Waals surface area (Å²) < 4.78 is 17.9. The Morgan fingerprint density at radius 2 is 1.00 bits per heavy atom. The van der Waals surface area contributed by atoms with E-state index in [2.05, 4.69) is 132 Å². The fourth-order valence-electron chi connectivity index (χ4n) is 5.91. The van der Waals surface area contributed by atoms with Gasteiger partial charge in [-0.1, -0.05) is 91.0 Å². The molecule has 1 aliphatic rings. The van der Waals surface area contributed by atoms with Crippen LogP contribution in [0.15, 0.2) is 158 Å². The third-order valence-corrected chi connectivity index (χ3v) is 8.31. The zero-order valence-electron chi connectivity index (χ0n) is 25.3. The number of nitrogens with zero attached hydrogens (tertiary/aromatic N) is 1. The van der Waals surface area contributed by atoms with E-state index in [1.165, 1.54) is 0 Å². The second-order valence-electron chi connectivity index (χ2n) is 10.9. The lowest BCUT2D eigenvalue weighted by Crippen LogP contribution is -2.34. The molecule has 0 atom stereocenters. The summed E-state index contributed by atoms with van der Waals surface area (Å²) in [5, 5.41) is 0. The van der Waals surface area contributed by atoms with Gasteiger partial charge in [0, 0.05) is 33.8 Å². The smallest absolute Gasteiger partial charge is 0.178 e. The van der Waals surface area contributed by atoms with E-state index in [1.54, 1.807) is 14.2 Å². The van der Waals surface area contributed by atoms with Crippen molar-refractivity contribution in [3.8, 4) is 28.4 Å². The molecular weight excluding hydrogens is 554 g/mol. The lowest BCUT2D eigenvalue weighted by atomic mass is 9.83. The quantitative estimate of drug-likeness (QED) is 0.177. The molecule has 0 saturated carbocycles. The van der Waals surface area contributed by atoms with Crippen molar-refractivity contribution < 1.29 is 14.2 Å². The summed E-state index contributed by atoms with van der Waals surface area (Å²) in [6, 6.07) is 52.1. The van der Waals surface area contributed by atoms with Crippen LogP contribution in [0.3, 0.4) is 0 Å². The third kappa shape index (κ3) is 5.43. The Morgan fingerprint density at radius 3 is 1.51 bits per heavy atom. The fraction of sp³-hybridized carbons (Fsp3) is 0.0732. The van der Waals surface area contributed by atoms with Crippen LogP contribution in [0.5, 0.6) is 17.2 Å². The minimum absolute atomic E-state index is 0.799. The van der Waals surface area contributed by atoms with Gasteiger partial charge in [0.05, 0.1) is 14.2 Å². The molecule has 0 bridgehead atoms. The van der Waals surface area contributed by atoms with Crippen molar-refractivity contribution in [2.75, 3.05) is 19.1 Å². The maximum absolute atomic E-state index is 7.00. The molecule has 6 aromatic carbocycles. The molecule has 0 aromatic heterocycles. The van der Waals surface area contributed by atoms with Crippen molar-refractivity contribution >= 4 is 23.1 Å². The Bertz CT molecular complexity index is 1830. The molecular formula is C41H33NO3. The summed E-state index contributed by atoms with van der Waals surface area (Å²) in [7, 11) is 3.35. The molecule has 1 aliphatic heterocycles. The number of hydrogen-bond acceptors (Lipinski definition) is 4. The summed E-state index contributed by atoms with van der Waals surface area (Å²) in [4.78, 5) is 2.27. The Balaban J connectivity index is 1.25. The molecule has 0 fully saturated rings. The van der Waals surface area contributed by atoms with Crippen LogP contribution in [0.2, 0.25) is 0 Å². The molecule has 0 unspecified atom stereocenters. The fourth-order valence-corrected chi connectivity index (χ4v) is 5.91. The second kappa shape index (κ2) is 12.1. The molecule has 45 heavy (non-hydrogen) atoms. The van der Waals surface area contributed by atoms with E-state index < -0.39 is 5.60 Å². The van der Waals surface area contributed by atoms with Crippen LogP contribution in [0.1, 0.15) is 16.7 Å². The molecule has 4 heteroatoms. The molecule has 0 N–H and O–H groups in total. The van der Waals surface area contributed by atoms with Gasteiger partial charge in [-0.15, -0.1) is 0 Å². The minimum Gasteiger partial charge on any atom is -0.497 e. The summed E-state index contributed by atoms with van der Waals surface area (Å²) in [6.07, 6.45) is 4.28. The number of para-hydroxylation sites is 2. The maximum Gasteiger partial charge on any atom is 0.178 e. The van der Waals surface area contributed by atoms with Crippen molar-refractivity contribution in [1.29, 1.82) is 0 Å². The number of anilines is 3. The predicted molar refractivity (Wildman–Crippen MR) is 183 cm³/mol. The molecule has 0 amide bonds. The van der Waals surface area contributed by atoms with E-state index in [0.29, 0.717) is 0 Å². The van der Waals surface area contributed by atoms with Crippen LogP contribution < -0.4 is 19.1 Å². The van der Waals surface area contributed by atoms with Crippen LogP contribution in [0.25, 0.3) is 17.2 Å². The standard InChI is InChI=1S/C41H33NO3/c1-43-38-23-17-33(18-24-38)41(34-19-25-39(44-2)26-20-34)28-27-31-13-14-32(29-40(31)45-41)30-15-21-37(22-16-30)42(35-9-5-3-6-10-35)36-11-7-4-8-12-36/h3-29H,1-2H3. The largest absolute Gasteiger partial charge is 0.497 e. The molecule has 6 aromatic rings. The van der Waals surface area contributed by atoms with Crippen LogP contribution in [-0.4, -0.2) is 14.2 Å². The maximum atomic E-state index is 7.00. The topological polar surface area (TPSA) is 30.9 Å². The van der Waals surface area contributed by atoms with E-state index in [0.717, 1.165) is 62.1 Å². The number of hydrogen-bond donors (Lipinski definition) is 0. The number of rotatable bonds is 8. The summed E-state index contributed by atoms with van der Waals surface area (Å²) in [5.74, 6) is 2.42. The average Bonchev–Trinajstić information content (AvgIpc) is 3.12. The Labute approximate surface area is 264 Å². The lowest BCUT2D eigenvalue weighted by molar-refractivity contribution is 0.161. The second-order valence-corrected chi connectivity index (χ2v) is 10.9. The van der Waals surface area contributed by atoms with Crippen LogP contribution >= 0.6 is 0 Å². The molecule has 220 valence electrons. The molecule has 7 rings (SSSR count). The predicted octanol–water partition coefficient (Wildman–Crippen LogP) is 10.2. The summed E-state index contributed by atoms with van der Waals surface area (Å²) in [5.41, 5.74) is 7.73. The highest BCUT2D eigenvalue weighted by molar-refractivity contribution is 5.79. The van der Waals surface area contributed by atoms with Gasteiger partial charge >= 0.3 is 0 Å². The summed E-state index contributed by atoms with van der Waals surface area (Å²) >= 11 is 0. The molecule has 4 nitrogen and oxygen atoms in total. The first-order chi connectivity index (χ1) is 22.2. The van der Waals surface area contributed by atoms with Crippen molar-refractivity contribution in [1.82, 2.24) is 0 Å². The number of methoxy groups -OCH3 is 2. The SMILES string of the molecule is COc1ccc(C2(c3ccc(OC)cc3)C=Cc3ccc(-c4ccc(N(c5ccccc5)c5ccccc5)cc4)cc3O2)cc1. The monoisotopic (exact) mass is 587 g/mol. The van der Waals surface area contributed by atoms with Gasteiger partial charge in [-0.05, 0) is 83.9 Å². The summed E-state index contributed by atoms with van der Waals surface area (Å²) in [6.45, 7) is 0. The van der Waals surface area contributed by atoms with Crippen molar-refractivity contribution in [3.05, 3.63) is 174 Å². The number of ether oxygens (including phenoxy) is 3. The third-order valence-electron chi connectivity index (χ3n) is 8.31. The first-order valence-corrected chi connectivity index (χ1v) is 15.0. The van der Waals surface area contributed by atoms with Crippen LogP contribution in [-0.2, 0) is 5.60 Å². The Hall–Kier alpha value is -5.74. The highest BCUT2D eigenvalue weighted by atomic mass is 16.5. The highest BCUT2D eigenvalue weighted by Gasteiger charge is 2.37. The zero-order valence-corrected chi connectivity index (χ0v) is 25.3. The molecule has 0 saturated heterocycles. The Morgan fingerprint density at radius 1 is 0.511 bits per heavy atom. The van der Waals surface area contributed by atoms with E-state index in [4.69, 9.17) is 14.2 Å². The number of fused-ring (bicyclic) bond motifs is 1. The van der Waals surface area contributed by atoms with Crippen molar-refractivity contribution in [2.24, 2.45) is 0 Å². The van der Waals surface area contributed by atoms with Gasteiger partial charge in [-0.25, -0.2) is 0 Å². The number of benzene rings is 6. The first-order valence-electron chi connectivity index (χ1n) is 15.0. The van der Waals surface area contributed by atoms with Gasteiger partial charge in [-0.2, -0.15) is 0 Å². The lowest BCUT2D eigenvalue weighted by Gasteiger charge is -2.36. The highest BCUT2D eigenvalue weighted by Crippen LogP contribution is 2.44. The van der Waals surface area contributed by atoms with Gasteiger partial charge < -0.3 is 19.1 Å². The van der Waals surface area contributed by atoms with Gasteiger partial charge in [-0.3, -0.25) is 0 Å². The molecule has 0 spiro atoms. The van der Waals surface area contributed by atoms with Gasteiger partial charge in [0.15, 0.2) is 5.60 Å². The van der Waals surface area contributed by atoms with E-state index >= 15 is 0 Å². The first kappa shape index (κ1) is 28.1. The van der Waals surface area contributed by atoms with Crippen LogP contribution in [0, 0.1) is 0 Å². The van der Waals surface area contributed by atoms with Gasteiger partial charge in [0.2, 0.25) is 0 Å².